The van der Waals surface area contributed by atoms with Crippen molar-refractivity contribution in [3.63, 3.8) is 0 Å². The molecule has 0 saturated heterocycles. The van der Waals surface area contributed by atoms with Gasteiger partial charge in [0.2, 0.25) is 41.1 Å². The minimum absolute atomic E-state index is 0.0543. The molecule has 1 aliphatic heterocycles. The summed E-state index contributed by atoms with van der Waals surface area (Å²) in [5.74, 6) is -9.81. The van der Waals surface area contributed by atoms with Crippen molar-refractivity contribution in [2.75, 3.05) is 0 Å². The Kier molecular flexibility index (Phi) is 3.86. The number of nitrogens with zero attached hydrogens (tertiary/aromatic N) is 3. The lowest BCUT2D eigenvalue weighted by Crippen LogP contribution is -2.51. The fourth-order valence-corrected chi connectivity index (χ4v) is 4.22. The van der Waals surface area contributed by atoms with E-state index in [0.29, 0.717) is 16.9 Å². The maximum atomic E-state index is 14.2. The first kappa shape index (κ1) is 17.7. The van der Waals surface area contributed by atoms with Gasteiger partial charge in [0.05, 0.1) is 0 Å². The molecule has 3 aromatic rings. The van der Waals surface area contributed by atoms with Crippen molar-refractivity contribution in [3.05, 3.63) is 75.0 Å². The van der Waals surface area contributed by atoms with Crippen LogP contribution in [-0.4, -0.2) is 15.9 Å². The zero-order valence-electron chi connectivity index (χ0n) is 13.9. The smallest absolute Gasteiger partial charge is 0.304 e. The van der Waals surface area contributed by atoms with E-state index in [0.717, 1.165) is 15.6 Å². The molecule has 4 nitrogen and oxygen atoms in total. The predicted octanol–water partition coefficient (Wildman–Crippen LogP) is 3.66. The van der Waals surface area contributed by atoms with E-state index >= 15 is 0 Å². The van der Waals surface area contributed by atoms with Crippen LogP contribution in [0.15, 0.2) is 29.0 Å². The van der Waals surface area contributed by atoms with Crippen LogP contribution in [0.3, 0.4) is 0 Å². The Morgan fingerprint density at radius 2 is 1.71 bits per heavy atom. The van der Waals surface area contributed by atoms with E-state index in [1.54, 1.807) is 4.57 Å². The van der Waals surface area contributed by atoms with Gasteiger partial charge in [0.15, 0.2) is 0 Å². The first-order valence-corrected chi connectivity index (χ1v) is 9.07. The van der Waals surface area contributed by atoms with Gasteiger partial charge in [-0.25, -0.2) is 17.7 Å². The Labute approximate surface area is 163 Å². The van der Waals surface area contributed by atoms with Gasteiger partial charge in [-0.2, -0.15) is 8.78 Å². The highest BCUT2D eigenvalue weighted by Crippen LogP contribution is 2.37. The third-order valence-electron chi connectivity index (χ3n) is 5.10. The lowest BCUT2D eigenvalue weighted by atomic mass is 10.1. The highest BCUT2D eigenvalue weighted by atomic mass is 79.9. The quantitative estimate of drug-likeness (QED) is 0.241. The molecule has 0 saturated carbocycles. The molecular weight excluding hydrogens is 449 g/mol. The SMILES string of the molecule is Fc1c(F)c(F)c(-n2c[n+]3c(n2)CO[C@H]2Cc4ccc(Br)cc4[C@H]23)c(F)c1F. The maximum absolute atomic E-state index is 14.2. The summed E-state index contributed by atoms with van der Waals surface area (Å²) in [7, 11) is 0. The van der Waals surface area contributed by atoms with Crippen molar-refractivity contribution < 1.29 is 31.3 Å². The Morgan fingerprint density at radius 1 is 1.04 bits per heavy atom. The number of rotatable bonds is 1. The topological polar surface area (TPSA) is 30.9 Å². The molecule has 2 aliphatic rings. The molecule has 1 aromatic heterocycles. The van der Waals surface area contributed by atoms with Crippen LogP contribution in [0.4, 0.5) is 22.0 Å². The summed E-state index contributed by atoms with van der Waals surface area (Å²) in [6.45, 7) is 0.0543. The average molecular weight is 459 g/mol. The van der Waals surface area contributed by atoms with Crippen molar-refractivity contribution in [1.82, 2.24) is 9.78 Å². The summed E-state index contributed by atoms with van der Waals surface area (Å²) in [5.41, 5.74) is 0.882. The monoisotopic (exact) mass is 458 g/mol. The average Bonchev–Trinajstić information content (AvgIpc) is 3.25. The second-order valence-corrected chi connectivity index (χ2v) is 7.56. The van der Waals surface area contributed by atoms with E-state index in [2.05, 4.69) is 21.0 Å². The maximum Gasteiger partial charge on any atom is 0.304 e. The Balaban J connectivity index is 1.68. The summed E-state index contributed by atoms with van der Waals surface area (Å²) < 4.78 is 77.9. The second kappa shape index (κ2) is 6.08. The number of halogens is 6. The van der Waals surface area contributed by atoms with Crippen molar-refractivity contribution in [2.45, 2.75) is 25.2 Å². The largest absolute Gasteiger partial charge is 0.363 e. The molecular formula is C18H10BrF5N3O+. The van der Waals surface area contributed by atoms with Crippen molar-refractivity contribution in [2.24, 2.45) is 0 Å². The zero-order chi connectivity index (χ0) is 19.7. The van der Waals surface area contributed by atoms with Crippen molar-refractivity contribution in [1.29, 1.82) is 0 Å². The minimum Gasteiger partial charge on any atom is -0.363 e. The first-order valence-electron chi connectivity index (χ1n) is 8.28. The van der Waals surface area contributed by atoms with Gasteiger partial charge in [-0.1, -0.05) is 26.7 Å². The molecule has 0 unspecified atom stereocenters. The van der Waals surface area contributed by atoms with Crippen LogP contribution in [0.5, 0.6) is 0 Å². The highest BCUT2D eigenvalue weighted by molar-refractivity contribution is 9.10. The normalized spacial score (nSPS) is 20.1. The molecule has 28 heavy (non-hydrogen) atoms. The van der Waals surface area contributed by atoms with Crippen LogP contribution in [0.1, 0.15) is 23.0 Å². The Morgan fingerprint density at radius 3 is 2.43 bits per heavy atom. The van der Waals surface area contributed by atoms with E-state index in [9.17, 15) is 22.0 Å². The molecule has 0 amide bonds. The van der Waals surface area contributed by atoms with Crippen LogP contribution < -0.4 is 4.57 Å². The summed E-state index contributed by atoms with van der Waals surface area (Å²) in [5, 5.41) is 4.02. The first-order chi connectivity index (χ1) is 13.4. The molecule has 2 atom stereocenters. The molecule has 0 fully saturated rings. The second-order valence-electron chi connectivity index (χ2n) is 6.64. The summed E-state index contributed by atoms with van der Waals surface area (Å²) in [6.07, 6.45) is 1.67. The van der Waals surface area contributed by atoms with E-state index in [4.69, 9.17) is 4.74 Å². The highest BCUT2D eigenvalue weighted by Gasteiger charge is 2.44. The summed E-state index contributed by atoms with van der Waals surface area (Å²) >= 11 is 3.42. The molecule has 2 heterocycles. The van der Waals surface area contributed by atoms with E-state index in [1.807, 2.05) is 18.2 Å². The molecule has 0 N–H and O–H groups in total. The van der Waals surface area contributed by atoms with Gasteiger partial charge in [-0.05, 0) is 23.3 Å². The molecule has 1 aliphatic carbocycles. The van der Waals surface area contributed by atoms with E-state index < -0.39 is 34.8 Å². The molecule has 0 radical (unpaired) electrons. The summed E-state index contributed by atoms with van der Waals surface area (Å²) in [6, 6.07) is 5.46. The number of aromatic nitrogens is 3. The van der Waals surface area contributed by atoms with Crippen molar-refractivity contribution >= 4 is 15.9 Å². The van der Waals surface area contributed by atoms with Crippen molar-refractivity contribution in [3.8, 4) is 5.69 Å². The zero-order valence-corrected chi connectivity index (χ0v) is 15.5. The van der Waals surface area contributed by atoms with Gasteiger partial charge in [-0.3, -0.25) is 0 Å². The lowest BCUT2D eigenvalue weighted by molar-refractivity contribution is -0.739. The number of hydrogen-bond acceptors (Lipinski definition) is 2. The molecule has 0 bridgehead atoms. The molecule has 144 valence electrons. The standard InChI is InChI=1S/C18H10BrF5N3O/c19-8-2-1-7-3-10-17(9(7)4-8)26-6-27(25-11(26)5-28-10)18-15(23)13(21)12(20)14(22)16(18)24/h1-2,4,6,10,17H,3,5H2/q+1/t10-,17+/m0/s1. The van der Waals surface area contributed by atoms with E-state index in [1.165, 1.54) is 6.33 Å². The fraction of sp³-hybridized carbons (Fsp3) is 0.222. The van der Waals surface area contributed by atoms with Gasteiger partial charge in [-0.15, -0.1) is 0 Å². The Bertz CT molecular complexity index is 1120. The molecule has 10 heteroatoms. The van der Waals surface area contributed by atoms with Crippen LogP contribution in [0.25, 0.3) is 5.69 Å². The molecule has 5 rings (SSSR count). The lowest BCUT2D eigenvalue weighted by Gasteiger charge is -2.23. The number of hydrogen-bond donors (Lipinski definition) is 0. The van der Waals surface area contributed by atoms with Gasteiger partial charge >= 0.3 is 5.82 Å². The van der Waals surface area contributed by atoms with E-state index in [-0.39, 0.29) is 18.8 Å². The number of benzene rings is 2. The third-order valence-corrected chi connectivity index (χ3v) is 5.59. The third kappa shape index (κ3) is 2.37. The minimum atomic E-state index is -2.21. The summed E-state index contributed by atoms with van der Waals surface area (Å²) in [4.78, 5) is 0. The molecule has 0 spiro atoms. The number of ether oxygens (including phenoxy) is 1. The van der Waals surface area contributed by atoms with Gasteiger partial charge in [0.25, 0.3) is 0 Å². The van der Waals surface area contributed by atoms with Crippen LogP contribution in [0.2, 0.25) is 0 Å². The predicted molar refractivity (Wildman–Crippen MR) is 88.1 cm³/mol. The van der Waals surface area contributed by atoms with Crippen LogP contribution in [-0.2, 0) is 17.8 Å². The number of fused-ring (bicyclic) bond motifs is 5. The Hall–Kier alpha value is -2.33. The fourth-order valence-electron chi connectivity index (χ4n) is 3.84. The molecule has 2 aromatic carbocycles. The van der Waals surface area contributed by atoms with Crippen LogP contribution in [0, 0.1) is 29.1 Å². The van der Waals surface area contributed by atoms with Crippen LogP contribution >= 0.6 is 15.9 Å². The van der Waals surface area contributed by atoms with Gasteiger partial charge < -0.3 is 4.74 Å². The van der Waals surface area contributed by atoms with Gasteiger partial charge in [0.1, 0.15) is 18.8 Å². The van der Waals surface area contributed by atoms with Gasteiger partial charge in [0, 0.05) is 16.0 Å².